The van der Waals surface area contributed by atoms with Crippen LogP contribution in [0.1, 0.15) is 44.9 Å². The van der Waals surface area contributed by atoms with Gasteiger partial charge in [-0.15, -0.1) is 0 Å². The van der Waals surface area contributed by atoms with Crippen LogP contribution in [0.2, 0.25) is 0 Å². The molecule has 3 atom stereocenters. The number of hydrogen-bond acceptors (Lipinski definition) is 3. The molecule has 2 aliphatic rings. The van der Waals surface area contributed by atoms with Gasteiger partial charge < -0.3 is 5.32 Å². The van der Waals surface area contributed by atoms with Crippen molar-refractivity contribution in [3.63, 3.8) is 0 Å². The topological polar surface area (TPSA) is 42.7 Å². The van der Waals surface area contributed by atoms with Crippen molar-refractivity contribution in [1.82, 2.24) is 20.1 Å². The Bertz CT molecular complexity index is 387. The minimum atomic E-state index is 0.856. The fourth-order valence-electron chi connectivity index (χ4n) is 3.78. The lowest BCUT2D eigenvalue weighted by atomic mass is 9.89. The van der Waals surface area contributed by atoms with E-state index in [1.165, 1.54) is 32.1 Å². The van der Waals surface area contributed by atoms with Crippen LogP contribution in [0, 0.1) is 17.8 Å². The third-order valence-corrected chi connectivity index (χ3v) is 4.70. The summed E-state index contributed by atoms with van der Waals surface area (Å²) < 4.78 is 2.13. The average Bonchev–Trinajstić information content (AvgIpc) is 3.07. The first kappa shape index (κ1) is 12.2. The standard InChI is InChI=1S/C14H24N4/c1-2-5-15-8-14-16-10-17-18(14)9-13-7-11-3-4-12(13)6-11/h10-13,15H,2-9H2,1H3. The SMILES string of the molecule is CCCNCc1ncnn1CC1CC2CCC1C2. The molecule has 4 heteroatoms. The van der Waals surface area contributed by atoms with Crippen molar-refractivity contribution < 1.29 is 0 Å². The molecule has 0 amide bonds. The van der Waals surface area contributed by atoms with Crippen molar-refractivity contribution in [2.75, 3.05) is 6.54 Å². The first-order chi connectivity index (χ1) is 8.86. The van der Waals surface area contributed by atoms with Crippen molar-refractivity contribution in [1.29, 1.82) is 0 Å². The summed E-state index contributed by atoms with van der Waals surface area (Å²) in [6.45, 7) is 5.19. The van der Waals surface area contributed by atoms with Gasteiger partial charge in [0.2, 0.25) is 0 Å². The molecule has 1 aromatic rings. The Morgan fingerprint density at radius 3 is 3.06 bits per heavy atom. The lowest BCUT2D eigenvalue weighted by molar-refractivity contribution is 0.281. The number of nitrogens with one attached hydrogen (secondary N) is 1. The maximum atomic E-state index is 4.41. The number of hydrogen-bond donors (Lipinski definition) is 1. The van der Waals surface area contributed by atoms with Gasteiger partial charge in [-0.1, -0.05) is 13.3 Å². The summed E-state index contributed by atoms with van der Waals surface area (Å²) in [5, 5.41) is 7.82. The Kier molecular flexibility index (Phi) is 3.64. The molecule has 100 valence electrons. The molecule has 2 saturated carbocycles. The monoisotopic (exact) mass is 248 g/mol. The molecule has 3 rings (SSSR count). The van der Waals surface area contributed by atoms with Crippen LogP contribution in [0.4, 0.5) is 0 Å². The Morgan fingerprint density at radius 2 is 2.33 bits per heavy atom. The molecule has 0 spiro atoms. The van der Waals surface area contributed by atoms with Gasteiger partial charge >= 0.3 is 0 Å². The Balaban J connectivity index is 1.57. The van der Waals surface area contributed by atoms with E-state index in [4.69, 9.17) is 0 Å². The van der Waals surface area contributed by atoms with E-state index in [1.54, 1.807) is 6.33 Å². The Labute approximate surface area is 109 Å². The molecule has 0 saturated heterocycles. The van der Waals surface area contributed by atoms with E-state index in [2.05, 4.69) is 27.0 Å². The van der Waals surface area contributed by atoms with Crippen LogP contribution >= 0.6 is 0 Å². The average molecular weight is 248 g/mol. The molecule has 1 N–H and O–H groups in total. The molecule has 0 aromatic carbocycles. The minimum Gasteiger partial charge on any atom is -0.310 e. The number of rotatable bonds is 6. The van der Waals surface area contributed by atoms with Crippen LogP contribution in [0.3, 0.4) is 0 Å². The van der Waals surface area contributed by atoms with E-state index in [0.29, 0.717) is 0 Å². The second-order valence-electron chi connectivity index (χ2n) is 5.97. The summed E-state index contributed by atoms with van der Waals surface area (Å²) in [6, 6.07) is 0. The maximum absolute atomic E-state index is 4.41. The van der Waals surface area contributed by atoms with Gasteiger partial charge in [0.1, 0.15) is 12.2 Å². The summed E-state index contributed by atoms with van der Waals surface area (Å²) >= 11 is 0. The largest absolute Gasteiger partial charge is 0.310 e. The van der Waals surface area contributed by atoms with E-state index in [0.717, 1.165) is 43.2 Å². The first-order valence-corrected chi connectivity index (χ1v) is 7.44. The highest BCUT2D eigenvalue weighted by atomic mass is 15.3. The second kappa shape index (κ2) is 5.39. The normalized spacial score (nSPS) is 30.2. The van der Waals surface area contributed by atoms with E-state index in [-0.39, 0.29) is 0 Å². The molecule has 18 heavy (non-hydrogen) atoms. The van der Waals surface area contributed by atoms with E-state index in [9.17, 15) is 0 Å². The van der Waals surface area contributed by atoms with Gasteiger partial charge in [-0.3, -0.25) is 0 Å². The molecule has 1 heterocycles. The molecule has 1 aromatic heterocycles. The Morgan fingerprint density at radius 1 is 1.39 bits per heavy atom. The van der Waals surface area contributed by atoms with Crippen molar-refractivity contribution in [2.45, 2.75) is 52.1 Å². The Hall–Kier alpha value is -0.900. The minimum absolute atomic E-state index is 0.856. The highest BCUT2D eigenvalue weighted by molar-refractivity contribution is 4.92. The van der Waals surface area contributed by atoms with Crippen LogP contribution in [-0.4, -0.2) is 21.3 Å². The van der Waals surface area contributed by atoms with Crippen LogP contribution in [-0.2, 0) is 13.1 Å². The first-order valence-electron chi connectivity index (χ1n) is 7.44. The number of aromatic nitrogens is 3. The molecule has 2 aliphatic carbocycles. The highest BCUT2D eigenvalue weighted by Crippen LogP contribution is 2.48. The molecule has 2 fully saturated rings. The van der Waals surface area contributed by atoms with E-state index < -0.39 is 0 Å². The van der Waals surface area contributed by atoms with Gasteiger partial charge in [-0.2, -0.15) is 5.10 Å². The zero-order valence-electron chi connectivity index (χ0n) is 11.3. The van der Waals surface area contributed by atoms with Crippen LogP contribution < -0.4 is 5.32 Å². The molecule has 0 radical (unpaired) electrons. The van der Waals surface area contributed by atoms with Crippen molar-refractivity contribution >= 4 is 0 Å². The third kappa shape index (κ3) is 2.44. The van der Waals surface area contributed by atoms with Crippen molar-refractivity contribution in [2.24, 2.45) is 17.8 Å². The fourth-order valence-corrected chi connectivity index (χ4v) is 3.78. The van der Waals surface area contributed by atoms with Crippen LogP contribution in [0.15, 0.2) is 6.33 Å². The summed E-state index contributed by atoms with van der Waals surface area (Å²) in [4.78, 5) is 4.38. The molecular formula is C14H24N4. The van der Waals surface area contributed by atoms with Gasteiger partial charge in [-0.25, -0.2) is 9.67 Å². The van der Waals surface area contributed by atoms with Crippen molar-refractivity contribution in [3.8, 4) is 0 Å². The zero-order valence-corrected chi connectivity index (χ0v) is 11.3. The molecule has 3 unspecified atom stereocenters. The number of nitrogens with zero attached hydrogens (tertiary/aromatic N) is 3. The molecular weight excluding hydrogens is 224 g/mol. The summed E-state index contributed by atoms with van der Waals surface area (Å²) in [7, 11) is 0. The maximum Gasteiger partial charge on any atom is 0.140 e. The molecule has 2 bridgehead atoms. The van der Waals surface area contributed by atoms with Gasteiger partial charge in [0.25, 0.3) is 0 Å². The second-order valence-corrected chi connectivity index (χ2v) is 5.97. The lowest BCUT2D eigenvalue weighted by Crippen LogP contribution is -2.23. The van der Waals surface area contributed by atoms with Gasteiger partial charge in [0.05, 0.1) is 6.54 Å². The van der Waals surface area contributed by atoms with Gasteiger partial charge in [0, 0.05) is 6.54 Å². The van der Waals surface area contributed by atoms with Gasteiger partial charge in [0.15, 0.2) is 0 Å². The smallest absolute Gasteiger partial charge is 0.140 e. The lowest BCUT2D eigenvalue weighted by Gasteiger charge is -2.22. The van der Waals surface area contributed by atoms with E-state index >= 15 is 0 Å². The number of fused-ring (bicyclic) bond motifs is 2. The fraction of sp³-hybridized carbons (Fsp3) is 0.857. The van der Waals surface area contributed by atoms with Crippen LogP contribution in [0.25, 0.3) is 0 Å². The van der Waals surface area contributed by atoms with Crippen molar-refractivity contribution in [3.05, 3.63) is 12.2 Å². The van der Waals surface area contributed by atoms with E-state index in [1.807, 2.05) is 0 Å². The quantitative estimate of drug-likeness (QED) is 0.785. The predicted molar refractivity (Wildman–Crippen MR) is 71.0 cm³/mol. The highest BCUT2D eigenvalue weighted by Gasteiger charge is 2.39. The predicted octanol–water partition coefficient (Wildman–Crippen LogP) is 2.21. The summed E-state index contributed by atoms with van der Waals surface area (Å²) in [6.07, 6.45) is 8.70. The zero-order chi connectivity index (χ0) is 12.4. The van der Waals surface area contributed by atoms with Crippen LogP contribution in [0.5, 0.6) is 0 Å². The summed E-state index contributed by atoms with van der Waals surface area (Å²) in [5.41, 5.74) is 0. The summed E-state index contributed by atoms with van der Waals surface area (Å²) in [5.74, 6) is 3.95. The van der Waals surface area contributed by atoms with Gasteiger partial charge in [-0.05, 0) is 50.0 Å². The molecule has 0 aliphatic heterocycles. The third-order valence-electron chi connectivity index (χ3n) is 4.70. The molecule has 4 nitrogen and oxygen atoms in total.